The molecule has 0 saturated heterocycles. The molecule has 5 N–H and O–H groups in total. The van der Waals surface area contributed by atoms with Crippen LogP contribution in [0.25, 0.3) is 0 Å². The van der Waals surface area contributed by atoms with Crippen LogP contribution in [0.3, 0.4) is 0 Å². The highest BCUT2D eigenvalue weighted by atomic mass is 32.1. The minimum Gasteiger partial charge on any atom is -0.395 e. The van der Waals surface area contributed by atoms with Crippen molar-refractivity contribution in [1.29, 1.82) is 0 Å². The van der Waals surface area contributed by atoms with Crippen LogP contribution < -0.4 is 21.7 Å². The van der Waals surface area contributed by atoms with E-state index in [9.17, 15) is 14.4 Å². The normalized spacial score (nSPS) is 17.2. The van der Waals surface area contributed by atoms with Gasteiger partial charge in [-0.3, -0.25) is 24.3 Å². The molecule has 2 aliphatic rings. The van der Waals surface area contributed by atoms with E-state index in [2.05, 4.69) is 26.8 Å². The summed E-state index contributed by atoms with van der Waals surface area (Å²) in [7, 11) is 0. The van der Waals surface area contributed by atoms with Crippen molar-refractivity contribution in [2.24, 2.45) is 5.73 Å². The molecule has 0 unspecified atom stereocenters. The largest absolute Gasteiger partial charge is 0.395 e. The van der Waals surface area contributed by atoms with E-state index in [1.54, 1.807) is 24.5 Å². The fraction of sp³-hybridized carbons (Fsp3) is 0.433. The van der Waals surface area contributed by atoms with Gasteiger partial charge in [0, 0.05) is 24.1 Å². The Morgan fingerprint density at radius 3 is 2.12 bits per heavy atom. The van der Waals surface area contributed by atoms with E-state index in [-0.39, 0.29) is 28.2 Å². The fourth-order valence-corrected chi connectivity index (χ4v) is 6.70. The molecule has 0 radical (unpaired) electrons. The zero-order chi connectivity index (χ0) is 28.1. The average molecular weight is 561 g/mol. The fourth-order valence-electron chi connectivity index (χ4n) is 5.96. The van der Waals surface area contributed by atoms with E-state index in [4.69, 9.17) is 11.5 Å². The predicted molar refractivity (Wildman–Crippen MR) is 156 cm³/mol. The van der Waals surface area contributed by atoms with Crippen molar-refractivity contribution in [2.45, 2.75) is 82.2 Å². The summed E-state index contributed by atoms with van der Waals surface area (Å²) in [4.78, 5) is 45.8. The summed E-state index contributed by atoms with van der Waals surface area (Å²) in [6, 6.07) is 10.5. The molecule has 2 aromatic heterocycles. The summed E-state index contributed by atoms with van der Waals surface area (Å²) in [6.07, 6.45) is 14.3. The van der Waals surface area contributed by atoms with Crippen LogP contribution in [0.4, 0.5) is 11.4 Å². The van der Waals surface area contributed by atoms with Gasteiger partial charge in [-0.1, -0.05) is 50.7 Å². The first-order valence-corrected chi connectivity index (χ1v) is 14.9. The van der Waals surface area contributed by atoms with Crippen molar-refractivity contribution in [2.75, 3.05) is 10.6 Å². The molecule has 1 aromatic carbocycles. The van der Waals surface area contributed by atoms with Gasteiger partial charge in [0.2, 0.25) is 5.91 Å². The Hall–Kier alpha value is -3.79. The molecule has 2 aliphatic carbocycles. The number of carbonyl (C=O) groups is 3. The van der Waals surface area contributed by atoms with Crippen LogP contribution >= 0.6 is 11.5 Å². The minimum atomic E-state index is -0.989. The number of nitrogens with one attached hydrogen (secondary N) is 1. The number of amides is 3. The Bertz CT molecular complexity index is 1330. The highest BCUT2D eigenvalue weighted by molar-refractivity contribution is 7.09. The van der Waals surface area contributed by atoms with Crippen LogP contribution in [0.2, 0.25) is 0 Å². The van der Waals surface area contributed by atoms with Gasteiger partial charge in [0.15, 0.2) is 5.69 Å². The molecule has 3 aromatic rings. The molecule has 10 heteroatoms. The molecule has 2 saturated carbocycles. The summed E-state index contributed by atoms with van der Waals surface area (Å²) in [5.74, 6) is -1.11. The highest BCUT2D eigenvalue weighted by Gasteiger charge is 2.37. The maximum atomic E-state index is 14.3. The van der Waals surface area contributed by atoms with Gasteiger partial charge in [-0.2, -0.15) is 4.37 Å². The second-order valence-corrected chi connectivity index (χ2v) is 11.5. The molecule has 0 spiro atoms. The number of aromatic nitrogens is 2. The molecular formula is C30H36N6O3S. The van der Waals surface area contributed by atoms with E-state index in [0.717, 1.165) is 56.5 Å². The van der Waals surface area contributed by atoms with Crippen LogP contribution in [-0.2, 0) is 4.79 Å². The zero-order valence-electron chi connectivity index (χ0n) is 22.6. The maximum absolute atomic E-state index is 14.3. The lowest BCUT2D eigenvalue weighted by atomic mass is 9.84. The minimum absolute atomic E-state index is 0.0474. The summed E-state index contributed by atoms with van der Waals surface area (Å²) >= 11 is 0.810. The van der Waals surface area contributed by atoms with E-state index >= 15 is 0 Å². The Morgan fingerprint density at radius 1 is 0.900 bits per heavy atom. The number of benzene rings is 1. The van der Waals surface area contributed by atoms with Crippen molar-refractivity contribution in [3.63, 3.8) is 0 Å². The summed E-state index contributed by atoms with van der Waals surface area (Å²) < 4.78 is 4.04. The van der Waals surface area contributed by atoms with Crippen LogP contribution in [0, 0.1) is 0 Å². The van der Waals surface area contributed by atoms with Crippen molar-refractivity contribution in [3.8, 4) is 0 Å². The van der Waals surface area contributed by atoms with Gasteiger partial charge >= 0.3 is 0 Å². The second kappa shape index (κ2) is 12.6. The quantitative estimate of drug-likeness (QED) is 0.349. The summed E-state index contributed by atoms with van der Waals surface area (Å²) in [5.41, 5.74) is 13.8. The van der Waals surface area contributed by atoms with Crippen LogP contribution in [0.15, 0.2) is 48.8 Å². The maximum Gasteiger partial charge on any atom is 0.273 e. The average Bonchev–Trinajstić information content (AvgIpc) is 3.38. The van der Waals surface area contributed by atoms with Crippen molar-refractivity contribution in [1.82, 2.24) is 14.7 Å². The number of primary amides is 1. The molecule has 40 heavy (non-hydrogen) atoms. The third-order valence-electron chi connectivity index (χ3n) is 8.10. The van der Waals surface area contributed by atoms with Crippen LogP contribution in [0.1, 0.15) is 107 Å². The Labute approximate surface area is 238 Å². The van der Waals surface area contributed by atoms with Gasteiger partial charge in [-0.05, 0) is 78.5 Å². The van der Waals surface area contributed by atoms with E-state index in [0.29, 0.717) is 17.2 Å². The van der Waals surface area contributed by atoms with Crippen molar-refractivity contribution < 1.29 is 14.4 Å². The number of nitrogens with zero attached hydrogens (tertiary/aromatic N) is 3. The first-order chi connectivity index (χ1) is 19.4. The number of pyridine rings is 1. The molecule has 0 bridgehead atoms. The lowest BCUT2D eigenvalue weighted by molar-refractivity contribution is -0.123. The molecule has 210 valence electrons. The molecule has 3 amide bonds. The van der Waals surface area contributed by atoms with Gasteiger partial charge in [-0.15, -0.1) is 0 Å². The third-order valence-corrected chi connectivity index (χ3v) is 8.95. The summed E-state index contributed by atoms with van der Waals surface area (Å²) in [6.45, 7) is 0. The van der Waals surface area contributed by atoms with Gasteiger partial charge in [0.05, 0.1) is 5.69 Å². The molecule has 1 atom stereocenters. The number of carbonyl (C=O) groups excluding carboxylic acids is 3. The standard InChI is InChI=1S/C30H36N6O3S/c31-24-25(28(32)37)35-40-27(24)30(39)36(23-13-11-20(12-14-23)19-7-3-1-4-8-19)26(21-15-17-33-18-16-21)29(38)34-22-9-5-2-6-10-22/h11-19,22,26H,1-10,31H2,(H2,32,37)(H,34,38)/t26-/m0/s1. The van der Waals surface area contributed by atoms with Gasteiger partial charge < -0.3 is 16.8 Å². The number of anilines is 2. The molecular weight excluding hydrogens is 524 g/mol. The van der Waals surface area contributed by atoms with Gasteiger partial charge in [0.25, 0.3) is 11.8 Å². The highest BCUT2D eigenvalue weighted by Crippen LogP contribution is 2.37. The Balaban J connectivity index is 1.57. The number of nitrogen functional groups attached to an aromatic ring is 1. The Morgan fingerprint density at radius 2 is 1.52 bits per heavy atom. The first kappa shape index (κ1) is 27.8. The molecule has 2 fully saturated rings. The topological polar surface area (TPSA) is 144 Å². The van der Waals surface area contributed by atoms with E-state index < -0.39 is 17.9 Å². The molecule has 0 aliphatic heterocycles. The van der Waals surface area contributed by atoms with Crippen LogP contribution in [-0.4, -0.2) is 33.1 Å². The third kappa shape index (κ3) is 6.01. The smallest absolute Gasteiger partial charge is 0.273 e. The molecule has 2 heterocycles. The van der Waals surface area contributed by atoms with E-state index in [1.807, 2.05) is 12.1 Å². The predicted octanol–water partition coefficient (Wildman–Crippen LogP) is 5.10. The number of hydrogen-bond acceptors (Lipinski definition) is 7. The first-order valence-electron chi connectivity index (χ1n) is 14.1. The SMILES string of the molecule is NC(=O)c1nsc(C(=O)N(c2ccc(C3CCCCC3)cc2)[C@H](C(=O)NC2CCCCC2)c2ccncc2)c1N. The van der Waals surface area contributed by atoms with E-state index in [1.165, 1.54) is 29.7 Å². The summed E-state index contributed by atoms with van der Waals surface area (Å²) in [5, 5.41) is 3.20. The van der Waals surface area contributed by atoms with Gasteiger partial charge in [0.1, 0.15) is 10.9 Å². The number of rotatable bonds is 8. The van der Waals surface area contributed by atoms with Gasteiger partial charge in [-0.25, -0.2) is 0 Å². The lowest BCUT2D eigenvalue weighted by Crippen LogP contribution is -2.47. The monoisotopic (exact) mass is 560 g/mol. The molecule has 9 nitrogen and oxygen atoms in total. The van der Waals surface area contributed by atoms with Crippen molar-refractivity contribution >= 4 is 40.6 Å². The number of hydrogen-bond donors (Lipinski definition) is 3. The molecule has 5 rings (SSSR count). The zero-order valence-corrected chi connectivity index (χ0v) is 23.4. The number of nitrogens with two attached hydrogens (primary N) is 2. The Kier molecular flexibility index (Phi) is 8.74. The second-order valence-electron chi connectivity index (χ2n) is 10.8. The lowest BCUT2D eigenvalue weighted by Gasteiger charge is -2.33. The van der Waals surface area contributed by atoms with Crippen molar-refractivity contribution in [3.05, 3.63) is 70.5 Å². The van der Waals surface area contributed by atoms with Crippen LogP contribution in [0.5, 0.6) is 0 Å².